The van der Waals surface area contributed by atoms with Crippen LogP contribution in [0.2, 0.25) is 0 Å². The van der Waals surface area contributed by atoms with Gasteiger partial charge in [-0.1, -0.05) is 85.0 Å². The molecule has 0 saturated carbocycles. The van der Waals surface area contributed by atoms with Gasteiger partial charge in [0.2, 0.25) is 0 Å². The van der Waals surface area contributed by atoms with Crippen molar-refractivity contribution in [2.45, 2.75) is 12.8 Å². The number of fused-ring (bicyclic) bond motifs is 4. The summed E-state index contributed by atoms with van der Waals surface area (Å²) in [7, 11) is 0. The zero-order valence-electron chi connectivity index (χ0n) is 12.7. The first-order valence-electron chi connectivity index (χ1n) is 8.09. The summed E-state index contributed by atoms with van der Waals surface area (Å²) in [5, 5.41) is 0. The number of allylic oxidation sites excluding steroid dienone is 6. The SMILES string of the molecule is C1=C\C=C/[C@H]2Cc3ccccc3-c3ccccc3C[C@@H]2\C=C/1. The molecular formula is C22H20. The molecule has 0 fully saturated rings. The Morgan fingerprint density at radius 2 is 1.00 bits per heavy atom. The number of hydrogen-bond donors (Lipinski definition) is 0. The van der Waals surface area contributed by atoms with Crippen molar-refractivity contribution in [3.05, 3.63) is 96.1 Å². The fourth-order valence-corrected chi connectivity index (χ4v) is 3.70. The average Bonchev–Trinajstić information content (AvgIpc) is 2.53. The monoisotopic (exact) mass is 284 g/mol. The van der Waals surface area contributed by atoms with Crippen LogP contribution >= 0.6 is 0 Å². The minimum absolute atomic E-state index is 0.565. The second-order valence-corrected chi connectivity index (χ2v) is 6.20. The third kappa shape index (κ3) is 2.46. The molecule has 0 saturated heterocycles. The first-order valence-corrected chi connectivity index (χ1v) is 8.09. The summed E-state index contributed by atoms with van der Waals surface area (Å²) >= 11 is 0. The molecule has 0 N–H and O–H groups in total. The van der Waals surface area contributed by atoms with E-state index >= 15 is 0 Å². The van der Waals surface area contributed by atoms with Crippen LogP contribution in [0.15, 0.2) is 85.0 Å². The molecule has 0 radical (unpaired) electrons. The lowest BCUT2D eigenvalue weighted by Gasteiger charge is -2.28. The van der Waals surface area contributed by atoms with Crippen LogP contribution in [-0.2, 0) is 12.8 Å². The van der Waals surface area contributed by atoms with Gasteiger partial charge in [0.1, 0.15) is 0 Å². The summed E-state index contributed by atoms with van der Waals surface area (Å²) in [5.41, 5.74) is 5.75. The molecule has 0 aliphatic heterocycles. The van der Waals surface area contributed by atoms with Gasteiger partial charge in [0.25, 0.3) is 0 Å². The van der Waals surface area contributed by atoms with Gasteiger partial charge in [-0.2, -0.15) is 0 Å². The summed E-state index contributed by atoms with van der Waals surface area (Å²) < 4.78 is 0. The molecule has 2 atom stereocenters. The second-order valence-electron chi connectivity index (χ2n) is 6.20. The first kappa shape index (κ1) is 13.3. The van der Waals surface area contributed by atoms with Crippen LogP contribution in [0.5, 0.6) is 0 Å². The predicted octanol–water partition coefficient (Wildman–Crippen LogP) is 5.37. The molecule has 4 rings (SSSR count). The van der Waals surface area contributed by atoms with Crippen LogP contribution < -0.4 is 0 Å². The molecule has 0 spiro atoms. The topological polar surface area (TPSA) is 0 Å². The van der Waals surface area contributed by atoms with E-state index in [9.17, 15) is 0 Å². The van der Waals surface area contributed by atoms with Gasteiger partial charge in [0.05, 0.1) is 0 Å². The Bertz CT molecular complexity index is 696. The fraction of sp³-hybridized carbons (Fsp3) is 0.182. The summed E-state index contributed by atoms with van der Waals surface area (Å²) in [6.07, 6.45) is 15.7. The van der Waals surface area contributed by atoms with Crippen LogP contribution in [0.4, 0.5) is 0 Å². The van der Waals surface area contributed by atoms with E-state index < -0.39 is 0 Å². The Labute approximate surface area is 132 Å². The van der Waals surface area contributed by atoms with Crippen LogP contribution in [0, 0.1) is 11.8 Å². The first-order chi connectivity index (χ1) is 10.9. The van der Waals surface area contributed by atoms with Crippen LogP contribution in [-0.4, -0.2) is 0 Å². The minimum Gasteiger partial charge on any atom is -0.0805 e. The zero-order valence-corrected chi connectivity index (χ0v) is 12.7. The van der Waals surface area contributed by atoms with E-state index in [4.69, 9.17) is 0 Å². The third-order valence-electron chi connectivity index (χ3n) is 4.84. The molecule has 108 valence electrons. The maximum absolute atomic E-state index is 2.38. The van der Waals surface area contributed by atoms with E-state index in [1.807, 2.05) is 0 Å². The van der Waals surface area contributed by atoms with Crippen molar-refractivity contribution in [1.82, 2.24) is 0 Å². The van der Waals surface area contributed by atoms with Crippen molar-refractivity contribution in [3.8, 4) is 11.1 Å². The maximum atomic E-state index is 2.38. The lowest BCUT2D eigenvalue weighted by Crippen LogP contribution is -2.19. The van der Waals surface area contributed by atoms with Crippen molar-refractivity contribution in [1.29, 1.82) is 0 Å². The normalized spacial score (nSPS) is 26.9. The van der Waals surface area contributed by atoms with Gasteiger partial charge in [0.15, 0.2) is 0 Å². The minimum atomic E-state index is 0.565. The van der Waals surface area contributed by atoms with Crippen molar-refractivity contribution >= 4 is 0 Å². The Morgan fingerprint density at radius 3 is 1.50 bits per heavy atom. The predicted molar refractivity (Wildman–Crippen MR) is 93.7 cm³/mol. The van der Waals surface area contributed by atoms with Gasteiger partial charge in [0, 0.05) is 0 Å². The smallest absolute Gasteiger partial charge is 0.0123 e. The van der Waals surface area contributed by atoms with Gasteiger partial charge in [-0.3, -0.25) is 0 Å². The number of hydrogen-bond acceptors (Lipinski definition) is 0. The van der Waals surface area contributed by atoms with Gasteiger partial charge in [-0.25, -0.2) is 0 Å². The maximum Gasteiger partial charge on any atom is -0.0123 e. The van der Waals surface area contributed by atoms with Crippen LogP contribution in [0.25, 0.3) is 11.1 Å². The molecule has 2 aliphatic carbocycles. The molecule has 2 aromatic rings. The van der Waals surface area contributed by atoms with Gasteiger partial charge >= 0.3 is 0 Å². The molecule has 0 aromatic heterocycles. The van der Waals surface area contributed by atoms with E-state index in [1.54, 1.807) is 0 Å². The Kier molecular flexibility index (Phi) is 3.52. The van der Waals surface area contributed by atoms with Crippen LogP contribution in [0.3, 0.4) is 0 Å². The van der Waals surface area contributed by atoms with Crippen molar-refractivity contribution in [3.63, 3.8) is 0 Å². The molecule has 0 unspecified atom stereocenters. The third-order valence-corrected chi connectivity index (χ3v) is 4.84. The van der Waals surface area contributed by atoms with E-state index in [1.165, 1.54) is 22.3 Å². The molecule has 22 heavy (non-hydrogen) atoms. The van der Waals surface area contributed by atoms with Gasteiger partial charge in [-0.05, 0) is 46.9 Å². The van der Waals surface area contributed by atoms with E-state index in [2.05, 4.69) is 85.0 Å². The lowest BCUT2D eigenvalue weighted by molar-refractivity contribution is 0.467. The molecule has 0 heterocycles. The van der Waals surface area contributed by atoms with Crippen molar-refractivity contribution in [2.75, 3.05) is 0 Å². The molecule has 0 bridgehead atoms. The van der Waals surface area contributed by atoms with E-state index in [0.29, 0.717) is 11.8 Å². The number of rotatable bonds is 0. The summed E-state index contributed by atoms with van der Waals surface area (Å²) in [5.74, 6) is 1.13. The standard InChI is InChI=1S/C22H20/c1-2-4-10-18-16-20-12-6-8-14-22(20)21-13-7-5-11-19(21)15-17(18)9-3-1/h1-14,17-18H,15-16H2/b2-1-,9-3-,10-4-/t17-,18-/m0/s1. The summed E-state index contributed by atoms with van der Waals surface area (Å²) in [6.45, 7) is 0. The van der Waals surface area contributed by atoms with Crippen molar-refractivity contribution < 1.29 is 0 Å². The number of benzene rings is 2. The van der Waals surface area contributed by atoms with E-state index in [-0.39, 0.29) is 0 Å². The van der Waals surface area contributed by atoms with Crippen molar-refractivity contribution in [2.24, 2.45) is 11.8 Å². The average molecular weight is 284 g/mol. The van der Waals surface area contributed by atoms with Gasteiger partial charge in [-0.15, -0.1) is 0 Å². The zero-order chi connectivity index (χ0) is 14.8. The Morgan fingerprint density at radius 1 is 0.545 bits per heavy atom. The largest absolute Gasteiger partial charge is 0.0805 e. The second kappa shape index (κ2) is 5.81. The van der Waals surface area contributed by atoms with Gasteiger partial charge < -0.3 is 0 Å². The Balaban J connectivity index is 1.89. The molecule has 0 amide bonds. The fourth-order valence-electron chi connectivity index (χ4n) is 3.70. The highest BCUT2D eigenvalue weighted by Crippen LogP contribution is 2.36. The molecule has 0 heteroatoms. The molecular weight excluding hydrogens is 264 g/mol. The summed E-state index contributed by atoms with van der Waals surface area (Å²) in [6, 6.07) is 17.8. The highest BCUT2D eigenvalue weighted by Gasteiger charge is 2.23. The van der Waals surface area contributed by atoms with E-state index in [0.717, 1.165) is 12.8 Å². The molecule has 2 aromatic carbocycles. The summed E-state index contributed by atoms with van der Waals surface area (Å²) in [4.78, 5) is 0. The Hall–Kier alpha value is -2.34. The lowest BCUT2D eigenvalue weighted by atomic mass is 9.76. The molecule has 2 aliphatic rings. The van der Waals surface area contributed by atoms with Crippen LogP contribution in [0.1, 0.15) is 11.1 Å². The highest BCUT2D eigenvalue weighted by molar-refractivity contribution is 5.71. The quantitative estimate of drug-likeness (QED) is 0.610. The molecule has 0 nitrogen and oxygen atoms in total. The highest BCUT2D eigenvalue weighted by atomic mass is 14.3.